The van der Waals surface area contributed by atoms with E-state index in [4.69, 9.17) is 4.74 Å². The van der Waals surface area contributed by atoms with Crippen molar-refractivity contribution in [3.63, 3.8) is 0 Å². The van der Waals surface area contributed by atoms with Crippen LogP contribution in [-0.4, -0.2) is 57.1 Å². The Morgan fingerprint density at radius 2 is 1.81 bits per heavy atom. The van der Waals surface area contributed by atoms with E-state index in [1.165, 1.54) is 12.0 Å². The summed E-state index contributed by atoms with van der Waals surface area (Å²) in [4.78, 5) is 28.6. The predicted molar refractivity (Wildman–Crippen MR) is 141 cm³/mol. The third-order valence-corrected chi connectivity index (χ3v) is 7.68. The number of amides is 2. The summed E-state index contributed by atoms with van der Waals surface area (Å²) in [5.74, 6) is -0.318. The standard InChI is InChI=1S/C27H37N3O5S/c1-5-23(27(32)28-22-13-6-7-14-22)29(18-21-12-10-11-20(2)17-21)26(31)19-30(36(4,33)34)24-15-8-9-16-25(24)35-3/h8-12,15-17,22-23H,5-7,13-14,18-19H2,1-4H3,(H,28,32). The molecule has 0 heterocycles. The van der Waals surface area contributed by atoms with Crippen LogP contribution in [0, 0.1) is 6.92 Å². The van der Waals surface area contributed by atoms with Gasteiger partial charge in [-0.05, 0) is 43.9 Å². The zero-order valence-electron chi connectivity index (χ0n) is 21.6. The van der Waals surface area contributed by atoms with Crippen LogP contribution in [0.1, 0.15) is 50.2 Å². The number of carbonyl (C=O) groups is 2. The number of methoxy groups -OCH3 is 1. The van der Waals surface area contributed by atoms with Crippen LogP contribution in [0.3, 0.4) is 0 Å². The highest BCUT2D eigenvalue weighted by atomic mass is 32.2. The van der Waals surface area contributed by atoms with Gasteiger partial charge >= 0.3 is 0 Å². The van der Waals surface area contributed by atoms with E-state index < -0.39 is 28.5 Å². The number of sulfonamides is 1. The Morgan fingerprint density at radius 1 is 1.11 bits per heavy atom. The molecule has 0 saturated heterocycles. The zero-order valence-corrected chi connectivity index (χ0v) is 22.4. The lowest BCUT2D eigenvalue weighted by Crippen LogP contribution is -2.53. The fraction of sp³-hybridized carbons (Fsp3) is 0.481. The fourth-order valence-corrected chi connectivity index (χ4v) is 5.58. The van der Waals surface area contributed by atoms with E-state index in [1.807, 2.05) is 38.1 Å². The van der Waals surface area contributed by atoms with Crippen LogP contribution in [0.15, 0.2) is 48.5 Å². The molecule has 0 aliphatic heterocycles. The Morgan fingerprint density at radius 3 is 2.42 bits per heavy atom. The summed E-state index contributed by atoms with van der Waals surface area (Å²) < 4.78 is 32.0. The highest BCUT2D eigenvalue weighted by molar-refractivity contribution is 7.92. The molecular formula is C27H37N3O5S. The maximum atomic E-state index is 13.8. The molecule has 0 bridgehead atoms. The number of rotatable bonds is 11. The van der Waals surface area contributed by atoms with Crippen LogP contribution in [0.5, 0.6) is 5.75 Å². The van der Waals surface area contributed by atoms with Crippen molar-refractivity contribution in [1.82, 2.24) is 10.2 Å². The number of anilines is 1. The van der Waals surface area contributed by atoms with Crippen LogP contribution in [0.25, 0.3) is 0 Å². The summed E-state index contributed by atoms with van der Waals surface area (Å²) >= 11 is 0. The average molecular weight is 516 g/mol. The second-order valence-electron chi connectivity index (χ2n) is 9.37. The molecule has 1 aliphatic rings. The van der Waals surface area contributed by atoms with Crippen molar-refractivity contribution in [2.75, 3.05) is 24.2 Å². The van der Waals surface area contributed by atoms with E-state index >= 15 is 0 Å². The van der Waals surface area contributed by atoms with Crippen molar-refractivity contribution in [3.8, 4) is 5.75 Å². The number of nitrogens with one attached hydrogen (secondary N) is 1. The molecule has 9 heteroatoms. The summed E-state index contributed by atoms with van der Waals surface area (Å²) in [6, 6.07) is 13.8. The predicted octanol–water partition coefficient (Wildman–Crippen LogP) is 3.64. The number of hydrogen-bond donors (Lipinski definition) is 1. The second-order valence-corrected chi connectivity index (χ2v) is 11.3. The first kappa shape index (κ1) is 27.5. The molecule has 0 aromatic heterocycles. The number of benzene rings is 2. The van der Waals surface area contributed by atoms with Crippen molar-refractivity contribution in [2.24, 2.45) is 0 Å². The Kier molecular flexibility index (Phi) is 9.37. The Balaban J connectivity index is 1.95. The summed E-state index contributed by atoms with van der Waals surface area (Å²) in [7, 11) is -2.37. The summed E-state index contributed by atoms with van der Waals surface area (Å²) in [5.41, 5.74) is 2.18. The van der Waals surface area contributed by atoms with Gasteiger partial charge in [0.1, 0.15) is 18.3 Å². The molecule has 1 saturated carbocycles. The van der Waals surface area contributed by atoms with Crippen molar-refractivity contribution in [2.45, 2.75) is 64.6 Å². The monoisotopic (exact) mass is 515 g/mol. The Bertz CT molecular complexity index is 1160. The Hall–Kier alpha value is -3.07. The van der Waals surface area contributed by atoms with Crippen LogP contribution in [0.2, 0.25) is 0 Å². The first-order chi connectivity index (χ1) is 17.1. The lowest BCUT2D eigenvalue weighted by atomic mass is 10.1. The minimum absolute atomic E-state index is 0.114. The van der Waals surface area contributed by atoms with E-state index in [2.05, 4.69) is 5.32 Å². The average Bonchev–Trinajstić information content (AvgIpc) is 3.34. The number of ether oxygens (including phenoxy) is 1. The normalized spacial score (nSPS) is 14.8. The molecule has 1 N–H and O–H groups in total. The lowest BCUT2D eigenvalue weighted by Gasteiger charge is -2.33. The highest BCUT2D eigenvalue weighted by Gasteiger charge is 2.33. The summed E-state index contributed by atoms with van der Waals surface area (Å²) in [6.45, 7) is 3.58. The molecule has 2 aromatic carbocycles. The maximum Gasteiger partial charge on any atom is 0.244 e. The molecule has 1 unspecified atom stereocenters. The molecule has 2 amide bonds. The van der Waals surface area contributed by atoms with Crippen molar-refractivity contribution in [3.05, 3.63) is 59.7 Å². The first-order valence-electron chi connectivity index (χ1n) is 12.4. The van der Waals surface area contributed by atoms with Crippen LogP contribution >= 0.6 is 0 Å². The Labute approximate surface area is 214 Å². The minimum atomic E-state index is -3.82. The maximum absolute atomic E-state index is 13.8. The number of hydrogen-bond acceptors (Lipinski definition) is 5. The van der Waals surface area contributed by atoms with Crippen molar-refractivity contribution < 1.29 is 22.7 Å². The molecule has 0 radical (unpaired) electrons. The highest BCUT2D eigenvalue weighted by Crippen LogP contribution is 2.30. The molecule has 196 valence electrons. The van der Waals surface area contributed by atoms with Gasteiger partial charge in [0.2, 0.25) is 21.8 Å². The van der Waals surface area contributed by atoms with Crippen molar-refractivity contribution in [1.29, 1.82) is 0 Å². The SMILES string of the molecule is CCC(C(=O)NC1CCCC1)N(Cc1cccc(C)c1)C(=O)CN(c1ccccc1OC)S(C)(=O)=O. The fourth-order valence-electron chi connectivity index (χ4n) is 4.72. The van der Waals surface area contributed by atoms with E-state index in [0.717, 1.165) is 47.4 Å². The molecule has 2 aromatic rings. The van der Waals surface area contributed by atoms with Gasteiger partial charge in [-0.15, -0.1) is 0 Å². The smallest absolute Gasteiger partial charge is 0.244 e. The molecule has 3 rings (SSSR count). The largest absolute Gasteiger partial charge is 0.495 e. The van der Waals surface area contributed by atoms with Crippen LogP contribution < -0.4 is 14.4 Å². The number of para-hydroxylation sites is 2. The van der Waals surface area contributed by atoms with Gasteiger partial charge in [-0.1, -0.05) is 61.7 Å². The number of nitrogens with zero attached hydrogens (tertiary/aromatic N) is 2. The molecule has 1 fully saturated rings. The van der Waals surface area contributed by atoms with Gasteiger partial charge in [-0.2, -0.15) is 0 Å². The second kappa shape index (κ2) is 12.3. The van der Waals surface area contributed by atoms with Gasteiger partial charge in [-0.3, -0.25) is 13.9 Å². The van der Waals surface area contributed by atoms with Crippen molar-refractivity contribution >= 4 is 27.5 Å². The molecule has 1 aliphatic carbocycles. The van der Waals surface area contributed by atoms with E-state index in [9.17, 15) is 18.0 Å². The van der Waals surface area contributed by atoms with Gasteiger partial charge in [0.15, 0.2) is 0 Å². The van der Waals surface area contributed by atoms with E-state index in [0.29, 0.717) is 12.2 Å². The van der Waals surface area contributed by atoms with E-state index in [-0.39, 0.29) is 24.2 Å². The van der Waals surface area contributed by atoms with Gasteiger partial charge in [0, 0.05) is 12.6 Å². The lowest BCUT2D eigenvalue weighted by molar-refractivity contribution is -0.140. The molecule has 8 nitrogen and oxygen atoms in total. The third-order valence-electron chi connectivity index (χ3n) is 6.56. The minimum Gasteiger partial charge on any atom is -0.495 e. The van der Waals surface area contributed by atoms with Gasteiger partial charge in [0.25, 0.3) is 0 Å². The van der Waals surface area contributed by atoms with Gasteiger partial charge in [0.05, 0.1) is 19.1 Å². The van der Waals surface area contributed by atoms with Crippen LogP contribution in [-0.2, 0) is 26.2 Å². The third kappa shape index (κ3) is 7.00. The summed E-state index contributed by atoms with van der Waals surface area (Å²) in [5, 5.41) is 3.11. The molecule has 1 atom stereocenters. The van der Waals surface area contributed by atoms with Gasteiger partial charge in [-0.25, -0.2) is 8.42 Å². The summed E-state index contributed by atoms with van der Waals surface area (Å²) in [6.07, 6.45) is 5.49. The quantitative estimate of drug-likeness (QED) is 0.493. The van der Waals surface area contributed by atoms with Gasteiger partial charge < -0.3 is 15.0 Å². The topological polar surface area (TPSA) is 96.0 Å². The molecule has 36 heavy (non-hydrogen) atoms. The number of carbonyl (C=O) groups excluding carboxylic acids is 2. The first-order valence-corrected chi connectivity index (χ1v) is 14.2. The van der Waals surface area contributed by atoms with Crippen LogP contribution in [0.4, 0.5) is 5.69 Å². The van der Waals surface area contributed by atoms with E-state index in [1.54, 1.807) is 24.3 Å². The number of aryl methyl sites for hydroxylation is 1. The molecule has 0 spiro atoms. The molecular weight excluding hydrogens is 478 g/mol. The zero-order chi connectivity index (χ0) is 26.3.